The zero-order chi connectivity index (χ0) is 26.0. The third-order valence-corrected chi connectivity index (χ3v) is 6.18. The van der Waals surface area contributed by atoms with E-state index < -0.39 is 5.60 Å². The van der Waals surface area contributed by atoms with E-state index in [2.05, 4.69) is 23.0 Å². The lowest BCUT2D eigenvalue weighted by Crippen LogP contribution is -2.42. The van der Waals surface area contributed by atoms with Gasteiger partial charge in [-0.05, 0) is 89.9 Å². The molecule has 2 amide bonds. The van der Waals surface area contributed by atoms with Crippen LogP contribution in [0.1, 0.15) is 66.7 Å². The van der Waals surface area contributed by atoms with Crippen molar-refractivity contribution >= 4 is 18.2 Å². The number of ether oxygens (including phenoxy) is 2. The molecule has 1 heterocycles. The van der Waals surface area contributed by atoms with E-state index in [9.17, 15) is 9.59 Å². The Morgan fingerprint density at radius 1 is 1.31 bits per heavy atom. The average Bonchev–Trinajstić information content (AvgIpc) is 2.83. The maximum absolute atomic E-state index is 12.3. The molecule has 35 heavy (non-hydrogen) atoms. The Bertz CT molecular complexity index is 832. The monoisotopic (exact) mass is 489 g/mol. The summed E-state index contributed by atoms with van der Waals surface area (Å²) in [5.41, 5.74) is 1.43. The van der Waals surface area contributed by atoms with Gasteiger partial charge in [-0.1, -0.05) is 12.7 Å². The molecular weight excluding hydrogens is 446 g/mol. The fourth-order valence-electron chi connectivity index (χ4n) is 4.00. The topological polar surface area (TPSA) is 100 Å². The SMILES string of the molecule is C=C(C=N/C(=C\C)OCC1CCN(C(=O)OC(C)(C)C)CC1)C1=CCC(C(=O)N[C@@H](C)CO)CC1. The molecule has 196 valence electrons. The van der Waals surface area contributed by atoms with Crippen LogP contribution >= 0.6 is 0 Å². The summed E-state index contributed by atoms with van der Waals surface area (Å²) < 4.78 is 11.4. The van der Waals surface area contributed by atoms with Crippen molar-refractivity contribution in [2.75, 3.05) is 26.3 Å². The van der Waals surface area contributed by atoms with Crippen molar-refractivity contribution in [3.63, 3.8) is 0 Å². The van der Waals surface area contributed by atoms with Gasteiger partial charge in [-0.25, -0.2) is 9.79 Å². The second-order valence-electron chi connectivity index (χ2n) is 10.4. The summed E-state index contributed by atoms with van der Waals surface area (Å²) in [6.45, 7) is 15.3. The molecule has 0 aromatic rings. The Balaban J connectivity index is 1.76. The highest BCUT2D eigenvalue weighted by Crippen LogP contribution is 2.27. The zero-order valence-electron chi connectivity index (χ0n) is 22.0. The first-order chi connectivity index (χ1) is 16.5. The number of piperidine rings is 1. The highest BCUT2D eigenvalue weighted by Gasteiger charge is 2.27. The van der Waals surface area contributed by atoms with Gasteiger partial charge in [0.2, 0.25) is 11.8 Å². The van der Waals surface area contributed by atoms with E-state index in [1.165, 1.54) is 0 Å². The lowest BCUT2D eigenvalue weighted by molar-refractivity contribution is -0.126. The summed E-state index contributed by atoms with van der Waals surface area (Å²) in [5, 5.41) is 11.9. The number of rotatable bonds is 9. The molecule has 1 aliphatic carbocycles. The van der Waals surface area contributed by atoms with Crippen molar-refractivity contribution in [2.24, 2.45) is 16.8 Å². The second-order valence-corrected chi connectivity index (χ2v) is 10.4. The van der Waals surface area contributed by atoms with Gasteiger partial charge in [0.25, 0.3) is 0 Å². The number of aliphatic imine (C=N–C) groups is 1. The van der Waals surface area contributed by atoms with E-state index in [1.807, 2.05) is 33.8 Å². The van der Waals surface area contributed by atoms with Gasteiger partial charge < -0.3 is 24.8 Å². The number of amides is 2. The Morgan fingerprint density at radius 2 is 2.00 bits per heavy atom. The molecule has 2 rings (SSSR count). The fourth-order valence-corrected chi connectivity index (χ4v) is 4.00. The normalized spacial score (nSPS) is 20.9. The van der Waals surface area contributed by atoms with E-state index in [1.54, 1.807) is 18.0 Å². The van der Waals surface area contributed by atoms with Crippen molar-refractivity contribution in [1.29, 1.82) is 0 Å². The van der Waals surface area contributed by atoms with E-state index in [0.717, 1.165) is 36.8 Å². The minimum Gasteiger partial charge on any atom is -0.478 e. The molecule has 0 spiro atoms. The average molecular weight is 490 g/mol. The summed E-state index contributed by atoms with van der Waals surface area (Å²) in [7, 11) is 0. The van der Waals surface area contributed by atoms with Gasteiger partial charge >= 0.3 is 6.09 Å². The van der Waals surface area contributed by atoms with Crippen LogP contribution in [0.4, 0.5) is 4.79 Å². The summed E-state index contributed by atoms with van der Waals surface area (Å²) >= 11 is 0. The lowest BCUT2D eigenvalue weighted by atomic mass is 9.86. The molecule has 8 heteroatoms. The molecule has 2 atom stereocenters. The predicted octanol–water partition coefficient (Wildman–Crippen LogP) is 4.36. The molecule has 0 radical (unpaired) electrons. The lowest BCUT2D eigenvalue weighted by Gasteiger charge is -2.33. The third kappa shape index (κ3) is 9.88. The summed E-state index contributed by atoms with van der Waals surface area (Å²) in [6.07, 6.45) is 9.25. The van der Waals surface area contributed by atoms with Crippen molar-refractivity contribution in [3.05, 3.63) is 35.8 Å². The van der Waals surface area contributed by atoms with Crippen molar-refractivity contribution < 1.29 is 24.2 Å². The summed E-state index contributed by atoms with van der Waals surface area (Å²) in [5.74, 6) is 0.823. The molecular formula is C27H43N3O5. The number of carbonyl (C=O) groups is 2. The van der Waals surface area contributed by atoms with Gasteiger partial charge in [0, 0.05) is 31.3 Å². The number of hydrogen-bond donors (Lipinski definition) is 2. The third-order valence-electron chi connectivity index (χ3n) is 6.18. The van der Waals surface area contributed by atoms with Gasteiger partial charge in [0.15, 0.2) is 0 Å². The van der Waals surface area contributed by atoms with Gasteiger partial charge in [0.1, 0.15) is 5.60 Å². The number of nitrogens with one attached hydrogen (secondary N) is 1. The maximum atomic E-state index is 12.3. The van der Waals surface area contributed by atoms with E-state index in [0.29, 0.717) is 37.9 Å². The Labute approximate surface area is 210 Å². The van der Waals surface area contributed by atoms with Crippen molar-refractivity contribution in [1.82, 2.24) is 10.2 Å². The van der Waals surface area contributed by atoms with Crippen molar-refractivity contribution in [2.45, 2.75) is 78.4 Å². The first kappa shape index (κ1) is 28.6. The number of nitrogens with zero attached hydrogens (tertiary/aromatic N) is 2. The minimum absolute atomic E-state index is 0.0114. The summed E-state index contributed by atoms with van der Waals surface area (Å²) in [4.78, 5) is 30.7. The van der Waals surface area contributed by atoms with Gasteiger partial charge in [-0.2, -0.15) is 0 Å². The number of hydrogen-bond acceptors (Lipinski definition) is 6. The highest BCUT2D eigenvalue weighted by molar-refractivity contribution is 5.85. The first-order valence-corrected chi connectivity index (χ1v) is 12.6. The number of aliphatic hydroxyl groups is 1. The van der Waals surface area contributed by atoms with Crippen LogP contribution in [-0.2, 0) is 14.3 Å². The fraction of sp³-hybridized carbons (Fsp3) is 0.667. The van der Waals surface area contributed by atoms with E-state index >= 15 is 0 Å². The predicted molar refractivity (Wildman–Crippen MR) is 138 cm³/mol. The van der Waals surface area contributed by atoms with Crippen molar-refractivity contribution in [3.8, 4) is 0 Å². The molecule has 1 saturated heterocycles. The van der Waals surface area contributed by atoms with Gasteiger partial charge in [-0.3, -0.25) is 4.79 Å². The molecule has 0 aromatic carbocycles. The van der Waals surface area contributed by atoms with Crippen LogP contribution in [0, 0.1) is 11.8 Å². The zero-order valence-corrected chi connectivity index (χ0v) is 22.0. The van der Waals surface area contributed by atoms with E-state index in [4.69, 9.17) is 14.6 Å². The van der Waals surface area contributed by atoms with Crippen LogP contribution in [0.3, 0.4) is 0 Å². The van der Waals surface area contributed by atoms with Crippen LogP contribution in [-0.4, -0.2) is 66.2 Å². The second kappa shape index (κ2) is 13.5. The van der Waals surface area contributed by atoms with Gasteiger partial charge in [-0.15, -0.1) is 0 Å². The van der Waals surface area contributed by atoms with Crippen LogP contribution < -0.4 is 5.32 Å². The first-order valence-electron chi connectivity index (χ1n) is 12.6. The quantitative estimate of drug-likeness (QED) is 0.370. The molecule has 1 fully saturated rings. The summed E-state index contributed by atoms with van der Waals surface area (Å²) in [6, 6.07) is -0.230. The Morgan fingerprint density at radius 3 is 2.54 bits per heavy atom. The maximum Gasteiger partial charge on any atom is 0.410 e. The smallest absolute Gasteiger partial charge is 0.410 e. The Kier molecular flexibility index (Phi) is 11.0. The molecule has 2 N–H and O–H groups in total. The van der Waals surface area contributed by atoms with Crippen LogP contribution in [0.25, 0.3) is 0 Å². The number of likely N-dealkylation sites (tertiary alicyclic amines) is 1. The molecule has 0 saturated carbocycles. The van der Waals surface area contributed by atoms with Crippen LogP contribution in [0.2, 0.25) is 0 Å². The number of carbonyl (C=O) groups excluding carboxylic acids is 2. The molecule has 8 nitrogen and oxygen atoms in total. The highest BCUT2D eigenvalue weighted by atomic mass is 16.6. The number of aliphatic hydroxyl groups excluding tert-OH is 1. The molecule has 1 aliphatic heterocycles. The Hall–Kier alpha value is -2.61. The molecule has 0 aromatic heterocycles. The van der Waals surface area contributed by atoms with Crippen LogP contribution in [0.15, 0.2) is 40.8 Å². The largest absolute Gasteiger partial charge is 0.478 e. The minimum atomic E-state index is -0.483. The standard InChI is InChI=1S/C27H43N3O5/c1-7-24(34-18-21-12-14-30(15-13-21)26(33)35-27(4,5)6)28-16-19(2)22-8-10-23(11-9-22)25(32)29-20(3)17-31/h7-8,16,20-21,23,31H,2,9-15,17-18H2,1,3-6H3,(H,29,32)/b24-7+,28-16?/t20-,23?/m0/s1. The number of allylic oxidation sites excluding steroid dienone is 4. The molecule has 2 aliphatic rings. The molecule has 0 bridgehead atoms. The van der Waals surface area contributed by atoms with Gasteiger partial charge in [0.05, 0.1) is 13.2 Å². The molecule has 1 unspecified atom stereocenters. The van der Waals surface area contributed by atoms with E-state index in [-0.39, 0.29) is 30.6 Å². The van der Waals surface area contributed by atoms with Crippen LogP contribution in [0.5, 0.6) is 0 Å².